The third-order valence-electron chi connectivity index (χ3n) is 1.70. The van der Waals surface area contributed by atoms with Gasteiger partial charge in [0.1, 0.15) is 0 Å². The zero-order chi connectivity index (χ0) is 8.55. The summed E-state index contributed by atoms with van der Waals surface area (Å²) in [7, 11) is 0. The summed E-state index contributed by atoms with van der Waals surface area (Å²) in [6.45, 7) is 1.90. The van der Waals surface area contributed by atoms with Gasteiger partial charge < -0.3 is 0 Å². The maximum Gasteiger partial charge on any atom is 0.0944 e. The van der Waals surface area contributed by atoms with Gasteiger partial charge in [0.05, 0.1) is 16.2 Å². The van der Waals surface area contributed by atoms with E-state index in [1.807, 2.05) is 31.2 Å². The Morgan fingerprint density at radius 2 is 2.08 bits per heavy atom. The fourth-order valence-electron chi connectivity index (χ4n) is 1.13. The van der Waals surface area contributed by atoms with Gasteiger partial charge in [0.15, 0.2) is 0 Å². The Bertz CT molecular complexity index is 426. The highest BCUT2D eigenvalue weighted by Gasteiger charge is 1.99. The zero-order valence-electron chi connectivity index (χ0n) is 6.58. The van der Waals surface area contributed by atoms with Crippen LogP contribution in [0.25, 0.3) is 10.9 Å². The second-order valence-electron chi connectivity index (χ2n) is 2.66. The molecule has 1 aromatic carbocycles. The normalized spacial score (nSPS) is 10.5. The van der Waals surface area contributed by atoms with Crippen LogP contribution in [0, 0.1) is 6.92 Å². The maximum absolute atomic E-state index is 5.96. The number of hydrogen-bond acceptors (Lipinski definition) is 2. The van der Waals surface area contributed by atoms with E-state index in [-0.39, 0.29) is 0 Å². The predicted octanol–water partition coefficient (Wildman–Crippen LogP) is 2.59. The lowest BCUT2D eigenvalue weighted by molar-refractivity contribution is 1.02. The minimum Gasteiger partial charge on any atom is -0.155 e. The SMILES string of the molecule is Cc1cc2c(Cl)cccc2nn1. The van der Waals surface area contributed by atoms with E-state index in [4.69, 9.17) is 11.6 Å². The maximum atomic E-state index is 5.96. The van der Waals surface area contributed by atoms with Crippen LogP contribution in [0.1, 0.15) is 5.69 Å². The molecule has 0 aliphatic rings. The first-order valence-corrected chi connectivity index (χ1v) is 4.04. The van der Waals surface area contributed by atoms with Gasteiger partial charge in [-0.05, 0) is 25.1 Å². The number of aryl methyl sites for hydroxylation is 1. The van der Waals surface area contributed by atoms with Crippen molar-refractivity contribution in [2.24, 2.45) is 0 Å². The molecule has 0 saturated carbocycles. The van der Waals surface area contributed by atoms with Gasteiger partial charge in [0.25, 0.3) is 0 Å². The summed E-state index contributed by atoms with van der Waals surface area (Å²) < 4.78 is 0. The van der Waals surface area contributed by atoms with Crippen LogP contribution < -0.4 is 0 Å². The van der Waals surface area contributed by atoms with Gasteiger partial charge in [0, 0.05) is 5.39 Å². The third kappa shape index (κ3) is 1.14. The van der Waals surface area contributed by atoms with E-state index in [0.29, 0.717) is 0 Å². The van der Waals surface area contributed by atoms with Crippen molar-refractivity contribution in [1.29, 1.82) is 0 Å². The van der Waals surface area contributed by atoms with Crippen molar-refractivity contribution in [2.75, 3.05) is 0 Å². The Balaban J connectivity index is 2.88. The molecule has 0 N–H and O–H groups in total. The van der Waals surface area contributed by atoms with Crippen molar-refractivity contribution in [2.45, 2.75) is 6.92 Å². The fourth-order valence-corrected chi connectivity index (χ4v) is 1.35. The highest BCUT2D eigenvalue weighted by atomic mass is 35.5. The van der Waals surface area contributed by atoms with Crippen LogP contribution in [0.5, 0.6) is 0 Å². The van der Waals surface area contributed by atoms with Crippen molar-refractivity contribution in [3.8, 4) is 0 Å². The number of hydrogen-bond donors (Lipinski definition) is 0. The lowest BCUT2D eigenvalue weighted by atomic mass is 10.2. The first-order valence-electron chi connectivity index (χ1n) is 3.66. The Morgan fingerprint density at radius 1 is 1.25 bits per heavy atom. The Morgan fingerprint density at radius 3 is 2.92 bits per heavy atom. The smallest absolute Gasteiger partial charge is 0.0944 e. The summed E-state index contributed by atoms with van der Waals surface area (Å²) in [6, 6.07) is 7.55. The standard InChI is InChI=1S/C9H7ClN2/c1-6-5-7-8(10)3-2-4-9(7)12-11-6/h2-5H,1H3. The van der Waals surface area contributed by atoms with E-state index in [1.165, 1.54) is 0 Å². The highest BCUT2D eigenvalue weighted by molar-refractivity contribution is 6.35. The molecule has 0 aliphatic heterocycles. The van der Waals surface area contributed by atoms with E-state index in [2.05, 4.69) is 10.2 Å². The minimum absolute atomic E-state index is 0.727. The van der Waals surface area contributed by atoms with Gasteiger partial charge in [0.2, 0.25) is 0 Å². The quantitative estimate of drug-likeness (QED) is 0.620. The summed E-state index contributed by atoms with van der Waals surface area (Å²) in [5, 5.41) is 9.64. The highest BCUT2D eigenvalue weighted by Crippen LogP contribution is 2.20. The van der Waals surface area contributed by atoms with Crippen molar-refractivity contribution in [3.05, 3.63) is 35.0 Å². The average Bonchev–Trinajstić information content (AvgIpc) is 2.07. The first kappa shape index (κ1) is 7.50. The van der Waals surface area contributed by atoms with E-state index in [9.17, 15) is 0 Å². The molecule has 1 heterocycles. The van der Waals surface area contributed by atoms with Gasteiger partial charge in [-0.25, -0.2) is 0 Å². The minimum atomic E-state index is 0.727. The summed E-state index contributed by atoms with van der Waals surface area (Å²) >= 11 is 5.96. The largest absolute Gasteiger partial charge is 0.155 e. The molecule has 3 heteroatoms. The van der Waals surface area contributed by atoms with Crippen molar-refractivity contribution < 1.29 is 0 Å². The lowest BCUT2D eigenvalue weighted by Crippen LogP contribution is -1.87. The number of fused-ring (bicyclic) bond motifs is 1. The van der Waals surface area contributed by atoms with Gasteiger partial charge in [-0.15, -0.1) is 0 Å². The number of aromatic nitrogens is 2. The number of halogens is 1. The molecule has 0 spiro atoms. The predicted molar refractivity (Wildman–Crippen MR) is 49.3 cm³/mol. The van der Waals surface area contributed by atoms with Crippen LogP contribution in [-0.4, -0.2) is 10.2 Å². The Labute approximate surface area is 75.2 Å². The van der Waals surface area contributed by atoms with Gasteiger partial charge >= 0.3 is 0 Å². The zero-order valence-corrected chi connectivity index (χ0v) is 7.34. The van der Waals surface area contributed by atoms with E-state index >= 15 is 0 Å². The lowest BCUT2D eigenvalue weighted by Gasteiger charge is -1.98. The molecular weight excluding hydrogens is 172 g/mol. The molecule has 0 atom stereocenters. The molecule has 0 fully saturated rings. The van der Waals surface area contributed by atoms with Crippen LogP contribution in [-0.2, 0) is 0 Å². The molecule has 0 aliphatic carbocycles. The summed E-state index contributed by atoms with van der Waals surface area (Å²) in [4.78, 5) is 0. The van der Waals surface area contributed by atoms with Gasteiger partial charge in [-0.2, -0.15) is 10.2 Å². The van der Waals surface area contributed by atoms with Crippen molar-refractivity contribution in [3.63, 3.8) is 0 Å². The first-order chi connectivity index (χ1) is 5.77. The molecule has 12 heavy (non-hydrogen) atoms. The monoisotopic (exact) mass is 178 g/mol. The second-order valence-corrected chi connectivity index (χ2v) is 3.07. The molecule has 0 radical (unpaired) electrons. The number of nitrogens with zero attached hydrogens (tertiary/aromatic N) is 2. The molecule has 2 nitrogen and oxygen atoms in total. The molecule has 0 unspecified atom stereocenters. The Hall–Kier alpha value is -1.15. The molecule has 2 rings (SSSR count). The van der Waals surface area contributed by atoms with Crippen molar-refractivity contribution >= 4 is 22.5 Å². The molecule has 1 aromatic heterocycles. The van der Waals surface area contributed by atoms with Crippen LogP contribution in [0.4, 0.5) is 0 Å². The van der Waals surface area contributed by atoms with E-state index in [1.54, 1.807) is 0 Å². The number of rotatable bonds is 0. The molecule has 0 bridgehead atoms. The Kier molecular flexibility index (Phi) is 1.70. The van der Waals surface area contributed by atoms with E-state index < -0.39 is 0 Å². The van der Waals surface area contributed by atoms with Crippen LogP contribution in [0.15, 0.2) is 24.3 Å². The molecule has 60 valence electrons. The summed E-state index contributed by atoms with van der Waals surface area (Å²) in [5.41, 5.74) is 1.73. The fraction of sp³-hybridized carbons (Fsp3) is 0.111. The molecule has 2 aromatic rings. The molecular formula is C9H7ClN2. The van der Waals surface area contributed by atoms with Crippen molar-refractivity contribution in [1.82, 2.24) is 10.2 Å². The second kappa shape index (κ2) is 2.72. The van der Waals surface area contributed by atoms with Crippen LogP contribution >= 0.6 is 11.6 Å². The summed E-state index contributed by atoms with van der Waals surface area (Å²) in [6.07, 6.45) is 0. The van der Waals surface area contributed by atoms with Gasteiger partial charge in [-0.3, -0.25) is 0 Å². The van der Waals surface area contributed by atoms with Crippen LogP contribution in [0.3, 0.4) is 0 Å². The number of benzene rings is 1. The summed E-state index contributed by atoms with van der Waals surface area (Å²) in [5.74, 6) is 0. The van der Waals surface area contributed by atoms with Crippen LogP contribution in [0.2, 0.25) is 5.02 Å². The topological polar surface area (TPSA) is 25.8 Å². The molecule has 0 amide bonds. The van der Waals surface area contributed by atoms with E-state index in [0.717, 1.165) is 21.6 Å². The third-order valence-corrected chi connectivity index (χ3v) is 2.03. The molecule has 0 saturated heterocycles. The van der Waals surface area contributed by atoms with Gasteiger partial charge in [-0.1, -0.05) is 17.7 Å². The average molecular weight is 179 g/mol.